The van der Waals surface area contributed by atoms with E-state index in [0.717, 1.165) is 28.9 Å². The van der Waals surface area contributed by atoms with Crippen molar-refractivity contribution in [1.82, 2.24) is 9.78 Å². The Morgan fingerprint density at radius 3 is 2.48 bits per heavy atom. The molecule has 0 radical (unpaired) electrons. The van der Waals surface area contributed by atoms with Gasteiger partial charge in [0.25, 0.3) is 0 Å². The van der Waals surface area contributed by atoms with Crippen molar-refractivity contribution in [2.24, 2.45) is 0 Å². The van der Waals surface area contributed by atoms with Crippen LogP contribution in [0.25, 0.3) is 5.69 Å². The minimum Gasteiger partial charge on any atom is -0.294 e. The molecular formula is C19H15ClN2O. The highest BCUT2D eigenvalue weighted by atomic mass is 35.5. The predicted octanol–water partition coefficient (Wildman–Crippen LogP) is 4.44. The Labute approximate surface area is 139 Å². The van der Waals surface area contributed by atoms with Crippen molar-refractivity contribution in [3.63, 3.8) is 0 Å². The molecule has 0 spiro atoms. The summed E-state index contributed by atoms with van der Waals surface area (Å²) in [4.78, 5) is 12.5. The van der Waals surface area contributed by atoms with Crippen molar-refractivity contribution in [1.29, 1.82) is 0 Å². The van der Waals surface area contributed by atoms with E-state index in [1.54, 1.807) is 6.20 Å². The fraction of sp³-hybridized carbons (Fsp3) is 0.158. The summed E-state index contributed by atoms with van der Waals surface area (Å²) in [6.45, 7) is 0. The predicted molar refractivity (Wildman–Crippen MR) is 90.4 cm³/mol. The zero-order valence-electron chi connectivity index (χ0n) is 12.4. The lowest BCUT2D eigenvalue weighted by atomic mass is 9.82. The molecule has 23 heavy (non-hydrogen) atoms. The lowest BCUT2D eigenvalue weighted by Crippen LogP contribution is -2.20. The van der Waals surface area contributed by atoms with E-state index in [1.165, 1.54) is 0 Å². The molecule has 1 heterocycles. The Morgan fingerprint density at radius 1 is 1.00 bits per heavy atom. The molecule has 0 N–H and O–H groups in total. The van der Waals surface area contributed by atoms with Gasteiger partial charge in [0.05, 0.1) is 23.1 Å². The van der Waals surface area contributed by atoms with Crippen molar-refractivity contribution >= 4 is 17.4 Å². The third-order valence-electron chi connectivity index (χ3n) is 4.38. The van der Waals surface area contributed by atoms with E-state index in [4.69, 9.17) is 11.6 Å². The van der Waals surface area contributed by atoms with E-state index in [0.29, 0.717) is 11.4 Å². The number of halogens is 1. The van der Waals surface area contributed by atoms with Crippen molar-refractivity contribution in [3.8, 4) is 5.69 Å². The number of carbonyl (C=O) groups is 1. The van der Waals surface area contributed by atoms with Crippen LogP contribution >= 0.6 is 11.6 Å². The maximum Gasteiger partial charge on any atom is 0.166 e. The monoisotopic (exact) mass is 322 g/mol. The van der Waals surface area contributed by atoms with Gasteiger partial charge in [0.15, 0.2) is 5.78 Å². The van der Waals surface area contributed by atoms with Crippen LogP contribution in [0.3, 0.4) is 0 Å². The van der Waals surface area contributed by atoms with Crippen LogP contribution in [-0.2, 0) is 6.42 Å². The number of para-hydroxylation sites is 1. The number of ketones is 1. The van der Waals surface area contributed by atoms with Gasteiger partial charge in [-0.15, -0.1) is 0 Å². The normalized spacial score (nSPS) is 17.1. The number of hydrogen-bond donors (Lipinski definition) is 0. The number of fused-ring (bicyclic) bond motifs is 1. The molecule has 1 aromatic heterocycles. The first-order valence-corrected chi connectivity index (χ1v) is 8.01. The summed E-state index contributed by atoms with van der Waals surface area (Å²) < 4.78 is 1.88. The first-order chi connectivity index (χ1) is 11.2. The molecule has 4 heteroatoms. The van der Waals surface area contributed by atoms with E-state index >= 15 is 0 Å². The Hall–Kier alpha value is -2.39. The molecule has 0 saturated heterocycles. The van der Waals surface area contributed by atoms with Gasteiger partial charge in [0.2, 0.25) is 0 Å². The molecule has 1 atom stereocenters. The second kappa shape index (κ2) is 5.67. The summed E-state index contributed by atoms with van der Waals surface area (Å²) in [5.74, 6) is 0.333. The van der Waals surface area contributed by atoms with Gasteiger partial charge < -0.3 is 0 Å². The lowest BCUT2D eigenvalue weighted by molar-refractivity contribution is 0.0964. The van der Waals surface area contributed by atoms with Crippen LogP contribution in [0.2, 0.25) is 5.02 Å². The van der Waals surface area contributed by atoms with Crippen molar-refractivity contribution < 1.29 is 4.79 Å². The Bertz CT molecular complexity index is 853. The minimum absolute atomic E-state index is 0.161. The van der Waals surface area contributed by atoms with E-state index in [1.807, 2.05) is 59.3 Å². The number of nitrogens with zero attached hydrogens (tertiary/aromatic N) is 2. The van der Waals surface area contributed by atoms with Gasteiger partial charge >= 0.3 is 0 Å². The summed E-state index contributed by atoms with van der Waals surface area (Å²) in [7, 11) is 0. The molecule has 3 nitrogen and oxygen atoms in total. The SMILES string of the molecule is O=C1C[C@H](c2ccc(Cl)cc2)Cc2c1cnn2-c1ccccc1. The van der Waals surface area contributed by atoms with E-state index < -0.39 is 0 Å². The summed E-state index contributed by atoms with van der Waals surface area (Å²) in [5, 5.41) is 5.15. The first-order valence-electron chi connectivity index (χ1n) is 7.63. The summed E-state index contributed by atoms with van der Waals surface area (Å²) in [5.41, 5.74) is 3.87. The molecule has 2 aromatic carbocycles. The number of hydrogen-bond acceptors (Lipinski definition) is 2. The highest BCUT2D eigenvalue weighted by Gasteiger charge is 2.29. The van der Waals surface area contributed by atoms with Crippen LogP contribution in [0.5, 0.6) is 0 Å². The smallest absolute Gasteiger partial charge is 0.166 e. The van der Waals surface area contributed by atoms with E-state index in [9.17, 15) is 4.79 Å². The molecule has 0 amide bonds. The molecule has 1 aliphatic carbocycles. The van der Waals surface area contributed by atoms with Crippen LogP contribution in [-0.4, -0.2) is 15.6 Å². The molecule has 0 unspecified atom stereocenters. The fourth-order valence-electron chi connectivity index (χ4n) is 3.20. The molecule has 4 rings (SSSR count). The molecule has 114 valence electrons. The molecular weight excluding hydrogens is 308 g/mol. The minimum atomic E-state index is 0.161. The van der Waals surface area contributed by atoms with Crippen molar-refractivity contribution in [2.75, 3.05) is 0 Å². The Morgan fingerprint density at radius 2 is 1.74 bits per heavy atom. The average Bonchev–Trinajstić information content (AvgIpc) is 3.01. The fourth-order valence-corrected chi connectivity index (χ4v) is 3.33. The van der Waals surface area contributed by atoms with Gasteiger partial charge in [0, 0.05) is 11.4 Å². The van der Waals surface area contributed by atoms with Gasteiger partial charge in [0.1, 0.15) is 0 Å². The second-order valence-electron chi connectivity index (χ2n) is 5.83. The molecule has 0 fully saturated rings. The van der Waals surface area contributed by atoms with Crippen molar-refractivity contribution in [3.05, 3.63) is 82.6 Å². The molecule has 0 aliphatic heterocycles. The lowest BCUT2D eigenvalue weighted by Gasteiger charge is -2.23. The Kier molecular flexibility index (Phi) is 3.50. The molecule has 3 aromatic rings. The third-order valence-corrected chi connectivity index (χ3v) is 4.63. The molecule has 0 bridgehead atoms. The summed E-state index contributed by atoms with van der Waals surface area (Å²) >= 11 is 5.97. The second-order valence-corrected chi connectivity index (χ2v) is 6.27. The maximum absolute atomic E-state index is 12.5. The number of carbonyl (C=O) groups excluding carboxylic acids is 1. The number of Topliss-reactive ketones (excluding diaryl/α,β-unsaturated/α-hetero) is 1. The summed E-state index contributed by atoms with van der Waals surface area (Å²) in [6.07, 6.45) is 3.02. The molecule has 1 aliphatic rings. The Balaban J connectivity index is 1.74. The quantitative estimate of drug-likeness (QED) is 0.699. The van der Waals surface area contributed by atoms with Gasteiger partial charge in [-0.05, 0) is 42.2 Å². The van der Waals surface area contributed by atoms with Gasteiger partial charge in [-0.3, -0.25) is 4.79 Å². The van der Waals surface area contributed by atoms with Crippen LogP contribution in [0, 0.1) is 0 Å². The number of aromatic nitrogens is 2. The van der Waals surface area contributed by atoms with Crippen molar-refractivity contribution in [2.45, 2.75) is 18.8 Å². The third kappa shape index (κ3) is 2.57. The van der Waals surface area contributed by atoms with Gasteiger partial charge in [-0.25, -0.2) is 4.68 Å². The average molecular weight is 323 g/mol. The zero-order valence-corrected chi connectivity index (χ0v) is 13.2. The van der Waals surface area contributed by atoms with Crippen LogP contribution in [0.4, 0.5) is 0 Å². The van der Waals surface area contributed by atoms with Gasteiger partial charge in [-0.2, -0.15) is 5.10 Å². The summed E-state index contributed by atoms with van der Waals surface area (Å²) in [6, 6.07) is 17.7. The largest absolute Gasteiger partial charge is 0.294 e. The maximum atomic E-state index is 12.5. The zero-order chi connectivity index (χ0) is 15.8. The van der Waals surface area contributed by atoms with Gasteiger partial charge in [-0.1, -0.05) is 41.9 Å². The van der Waals surface area contributed by atoms with Crippen LogP contribution < -0.4 is 0 Å². The topological polar surface area (TPSA) is 34.9 Å². The van der Waals surface area contributed by atoms with E-state index in [2.05, 4.69) is 5.10 Å². The van der Waals surface area contributed by atoms with Crippen LogP contribution in [0.15, 0.2) is 60.8 Å². The highest BCUT2D eigenvalue weighted by Crippen LogP contribution is 2.34. The standard InChI is InChI=1S/C19H15ClN2O/c20-15-8-6-13(7-9-15)14-10-18-17(19(23)11-14)12-21-22(18)16-4-2-1-3-5-16/h1-9,12,14H,10-11H2/t14-/m1/s1. The highest BCUT2D eigenvalue weighted by molar-refractivity contribution is 6.30. The van der Waals surface area contributed by atoms with E-state index in [-0.39, 0.29) is 11.7 Å². The first kappa shape index (κ1) is 14.2. The number of rotatable bonds is 2. The molecule has 0 saturated carbocycles. The van der Waals surface area contributed by atoms with Crippen LogP contribution in [0.1, 0.15) is 34.0 Å². The number of benzene rings is 2.